The van der Waals surface area contributed by atoms with Crippen molar-refractivity contribution in [1.82, 2.24) is 4.31 Å². The number of aliphatic carboxylic acids is 1. The molecule has 0 aliphatic heterocycles. The average molecular weight is 288 g/mol. The predicted octanol–water partition coefficient (Wildman–Crippen LogP) is 1.18. The standard InChI is InChI=1S/C8H14ClNO6S/c1-5(6(11)12)10(17(9,14)15)7(13)16-8(2,3)4/h5H,1-4H3,(H,11,12)/t5-/m1/s1. The molecule has 0 fully saturated rings. The lowest BCUT2D eigenvalue weighted by atomic mass is 10.2. The number of hydrogen-bond donors (Lipinski definition) is 1. The Balaban J connectivity index is 5.23. The van der Waals surface area contributed by atoms with E-state index in [0.717, 1.165) is 6.92 Å². The third-order valence-electron chi connectivity index (χ3n) is 1.52. The molecule has 1 N–H and O–H groups in total. The van der Waals surface area contributed by atoms with Crippen LogP contribution in [0.25, 0.3) is 0 Å². The van der Waals surface area contributed by atoms with Gasteiger partial charge in [-0.2, -0.15) is 12.7 Å². The van der Waals surface area contributed by atoms with Crippen molar-refractivity contribution in [2.24, 2.45) is 0 Å². The monoisotopic (exact) mass is 287 g/mol. The van der Waals surface area contributed by atoms with Gasteiger partial charge in [0.05, 0.1) is 0 Å². The minimum absolute atomic E-state index is 0.0257. The quantitative estimate of drug-likeness (QED) is 0.782. The maximum Gasteiger partial charge on any atom is 0.425 e. The second-order valence-electron chi connectivity index (χ2n) is 4.23. The molecule has 0 aromatic carbocycles. The van der Waals surface area contributed by atoms with E-state index >= 15 is 0 Å². The fourth-order valence-corrected chi connectivity index (χ4v) is 2.05. The first kappa shape index (κ1) is 16.0. The van der Waals surface area contributed by atoms with Gasteiger partial charge < -0.3 is 9.84 Å². The van der Waals surface area contributed by atoms with Crippen LogP contribution in [0.4, 0.5) is 4.79 Å². The second kappa shape index (κ2) is 5.09. The first-order chi connectivity index (χ1) is 7.36. The molecule has 0 saturated heterocycles. The second-order valence-corrected chi connectivity index (χ2v) is 6.62. The highest BCUT2D eigenvalue weighted by Gasteiger charge is 2.37. The topological polar surface area (TPSA) is 101 Å². The zero-order chi connectivity index (χ0) is 14.0. The number of amides is 1. The highest BCUT2D eigenvalue weighted by atomic mass is 35.7. The van der Waals surface area contributed by atoms with Gasteiger partial charge in [0.25, 0.3) is 0 Å². The molecule has 0 heterocycles. The zero-order valence-corrected chi connectivity index (χ0v) is 11.4. The Morgan fingerprint density at radius 3 is 2.00 bits per heavy atom. The van der Waals surface area contributed by atoms with Crippen LogP contribution in [0, 0.1) is 0 Å². The molecule has 0 aromatic rings. The smallest absolute Gasteiger partial charge is 0.425 e. The van der Waals surface area contributed by atoms with E-state index in [-0.39, 0.29) is 4.31 Å². The highest BCUT2D eigenvalue weighted by molar-refractivity contribution is 8.12. The van der Waals surface area contributed by atoms with Gasteiger partial charge in [-0.3, -0.25) is 0 Å². The summed E-state index contributed by atoms with van der Waals surface area (Å²) in [5.74, 6) is -1.51. The fraction of sp³-hybridized carbons (Fsp3) is 0.750. The zero-order valence-electron chi connectivity index (χ0n) is 9.80. The van der Waals surface area contributed by atoms with E-state index in [4.69, 9.17) is 20.5 Å². The number of carbonyl (C=O) groups is 2. The Bertz CT molecular complexity index is 412. The maximum atomic E-state index is 11.5. The van der Waals surface area contributed by atoms with Crippen LogP contribution in [0.3, 0.4) is 0 Å². The van der Waals surface area contributed by atoms with Crippen LogP contribution in [0.2, 0.25) is 0 Å². The SMILES string of the molecule is C[C@H](C(=O)O)N(C(=O)OC(C)(C)C)S(=O)(=O)Cl. The third kappa shape index (κ3) is 5.22. The Morgan fingerprint density at radius 1 is 1.35 bits per heavy atom. The Morgan fingerprint density at radius 2 is 1.76 bits per heavy atom. The molecule has 0 bridgehead atoms. The lowest BCUT2D eigenvalue weighted by Crippen LogP contribution is -2.47. The summed E-state index contributed by atoms with van der Waals surface area (Å²) in [5, 5.41) is 8.69. The lowest BCUT2D eigenvalue weighted by Gasteiger charge is -2.26. The summed E-state index contributed by atoms with van der Waals surface area (Å²) in [6, 6.07) is -1.65. The van der Waals surface area contributed by atoms with Gasteiger partial charge in [-0.1, -0.05) is 0 Å². The van der Waals surface area contributed by atoms with Crippen molar-refractivity contribution < 1.29 is 27.9 Å². The van der Waals surface area contributed by atoms with Crippen molar-refractivity contribution in [3.8, 4) is 0 Å². The average Bonchev–Trinajstić information content (AvgIpc) is 1.96. The molecule has 1 amide bonds. The molecule has 0 saturated carbocycles. The van der Waals surface area contributed by atoms with Gasteiger partial charge in [-0.05, 0) is 27.7 Å². The van der Waals surface area contributed by atoms with Crippen molar-refractivity contribution in [3.05, 3.63) is 0 Å². The fourth-order valence-electron chi connectivity index (χ4n) is 0.843. The highest BCUT2D eigenvalue weighted by Crippen LogP contribution is 2.17. The number of halogens is 1. The van der Waals surface area contributed by atoms with Crippen molar-refractivity contribution in [1.29, 1.82) is 0 Å². The third-order valence-corrected chi connectivity index (χ3v) is 2.90. The van der Waals surface area contributed by atoms with Crippen molar-refractivity contribution >= 4 is 32.0 Å². The summed E-state index contributed by atoms with van der Waals surface area (Å²) in [5.41, 5.74) is -0.963. The summed E-state index contributed by atoms with van der Waals surface area (Å²) in [6.07, 6.45) is -1.33. The summed E-state index contributed by atoms with van der Waals surface area (Å²) in [6.45, 7) is 5.53. The minimum Gasteiger partial charge on any atom is -0.480 e. The maximum absolute atomic E-state index is 11.5. The van der Waals surface area contributed by atoms with Crippen LogP contribution in [0.5, 0.6) is 0 Å². The molecular formula is C8H14ClNO6S. The van der Waals surface area contributed by atoms with Crippen LogP contribution in [-0.4, -0.2) is 41.5 Å². The molecule has 0 radical (unpaired) electrons. The minimum atomic E-state index is -4.53. The summed E-state index contributed by atoms with van der Waals surface area (Å²) < 4.78 is 27.0. The van der Waals surface area contributed by atoms with Crippen LogP contribution in [0.1, 0.15) is 27.7 Å². The van der Waals surface area contributed by atoms with Crippen molar-refractivity contribution in [2.45, 2.75) is 39.3 Å². The van der Waals surface area contributed by atoms with E-state index in [9.17, 15) is 18.0 Å². The largest absolute Gasteiger partial charge is 0.480 e. The van der Waals surface area contributed by atoms with Crippen LogP contribution < -0.4 is 0 Å². The van der Waals surface area contributed by atoms with Crippen LogP contribution >= 0.6 is 10.7 Å². The van der Waals surface area contributed by atoms with E-state index in [2.05, 4.69) is 0 Å². The molecule has 0 aliphatic carbocycles. The van der Waals surface area contributed by atoms with Crippen LogP contribution in [0.15, 0.2) is 0 Å². The number of nitrogens with zero attached hydrogens (tertiary/aromatic N) is 1. The summed E-state index contributed by atoms with van der Waals surface area (Å²) >= 11 is 0. The molecule has 0 aliphatic rings. The van der Waals surface area contributed by atoms with Gasteiger partial charge in [0.2, 0.25) is 0 Å². The van der Waals surface area contributed by atoms with Gasteiger partial charge in [-0.15, -0.1) is 0 Å². The lowest BCUT2D eigenvalue weighted by molar-refractivity contribution is -0.140. The number of carboxylic acid groups (broad SMARTS) is 1. The Labute approximate surface area is 104 Å². The van der Waals surface area contributed by atoms with E-state index in [1.807, 2.05) is 0 Å². The summed E-state index contributed by atoms with van der Waals surface area (Å²) in [7, 11) is 0.465. The summed E-state index contributed by atoms with van der Waals surface area (Å²) in [4.78, 5) is 22.2. The number of rotatable bonds is 3. The van der Waals surface area contributed by atoms with E-state index in [1.54, 1.807) is 0 Å². The Kier molecular flexibility index (Phi) is 4.79. The van der Waals surface area contributed by atoms with Gasteiger partial charge in [-0.25, -0.2) is 9.59 Å². The first-order valence-corrected chi connectivity index (χ1v) is 6.82. The first-order valence-electron chi connectivity index (χ1n) is 4.56. The number of carboxylic acids is 1. The molecular weight excluding hydrogens is 274 g/mol. The molecule has 100 valence electrons. The van der Waals surface area contributed by atoms with Gasteiger partial charge >= 0.3 is 21.3 Å². The van der Waals surface area contributed by atoms with Crippen molar-refractivity contribution in [2.75, 3.05) is 0 Å². The number of ether oxygens (including phenoxy) is 1. The molecule has 0 unspecified atom stereocenters. The molecule has 7 nitrogen and oxygen atoms in total. The molecule has 0 spiro atoms. The van der Waals surface area contributed by atoms with Crippen LogP contribution in [-0.2, 0) is 18.8 Å². The molecule has 0 aromatic heterocycles. The number of carbonyl (C=O) groups excluding carboxylic acids is 1. The van der Waals surface area contributed by atoms with E-state index < -0.39 is 32.9 Å². The molecule has 1 atom stereocenters. The van der Waals surface area contributed by atoms with E-state index in [1.165, 1.54) is 20.8 Å². The Hall–Kier alpha value is -1.02. The molecule has 0 rings (SSSR count). The van der Waals surface area contributed by atoms with E-state index in [0.29, 0.717) is 0 Å². The normalized spacial score (nSPS) is 13.9. The van der Waals surface area contributed by atoms with Gasteiger partial charge in [0, 0.05) is 10.7 Å². The molecule has 17 heavy (non-hydrogen) atoms. The van der Waals surface area contributed by atoms with Gasteiger partial charge in [0.15, 0.2) is 0 Å². The van der Waals surface area contributed by atoms with Gasteiger partial charge in [0.1, 0.15) is 11.6 Å². The number of hydrogen-bond acceptors (Lipinski definition) is 5. The predicted molar refractivity (Wildman–Crippen MR) is 59.9 cm³/mol. The van der Waals surface area contributed by atoms with Crippen molar-refractivity contribution in [3.63, 3.8) is 0 Å². The molecule has 9 heteroatoms.